The molecule has 0 aliphatic heterocycles. The lowest BCUT2D eigenvalue weighted by molar-refractivity contribution is -0.178. The summed E-state index contributed by atoms with van der Waals surface area (Å²) >= 11 is 0. The maximum Gasteiger partial charge on any atom is 0.528 e. The van der Waals surface area contributed by atoms with E-state index in [1.807, 2.05) is 0 Å². The lowest BCUT2D eigenvalue weighted by Gasteiger charge is -2.24. The van der Waals surface area contributed by atoms with Gasteiger partial charge >= 0.3 is 12.1 Å². The Morgan fingerprint density at radius 1 is 1.38 bits per heavy atom. The minimum atomic E-state index is -1.31. The fourth-order valence-corrected chi connectivity index (χ4v) is 0.798. The first-order chi connectivity index (χ1) is 7.17. The fraction of sp³-hybridized carbons (Fsp3) is 0.778. The van der Waals surface area contributed by atoms with Gasteiger partial charge in [0.05, 0.1) is 6.61 Å². The highest BCUT2D eigenvalue weighted by molar-refractivity contribution is 5.73. The van der Waals surface area contributed by atoms with Crippen LogP contribution in [0.4, 0.5) is 4.79 Å². The van der Waals surface area contributed by atoms with E-state index in [1.54, 1.807) is 20.8 Å². The molecule has 0 aromatic heterocycles. The number of aliphatic hydroxyl groups excluding tert-OH is 1. The first-order valence-corrected chi connectivity index (χ1v) is 4.65. The first-order valence-electron chi connectivity index (χ1n) is 4.65. The van der Waals surface area contributed by atoms with Crippen molar-refractivity contribution in [2.45, 2.75) is 32.4 Å². The van der Waals surface area contributed by atoms with Gasteiger partial charge in [0.1, 0.15) is 5.60 Å². The van der Waals surface area contributed by atoms with Gasteiger partial charge in [0, 0.05) is 7.05 Å². The van der Waals surface area contributed by atoms with E-state index in [4.69, 9.17) is 14.9 Å². The van der Waals surface area contributed by atoms with Gasteiger partial charge in [-0.05, 0) is 20.8 Å². The van der Waals surface area contributed by atoms with E-state index in [0.29, 0.717) is 0 Å². The molecule has 0 aliphatic rings. The van der Waals surface area contributed by atoms with Crippen molar-refractivity contribution in [3.8, 4) is 0 Å². The summed E-state index contributed by atoms with van der Waals surface area (Å²) in [6.45, 7) is 4.27. The van der Waals surface area contributed by atoms with E-state index in [1.165, 1.54) is 7.05 Å². The van der Waals surface area contributed by atoms with Crippen molar-refractivity contribution < 1.29 is 29.4 Å². The summed E-state index contributed by atoms with van der Waals surface area (Å²) < 4.78 is 4.81. The number of carboxylic acids is 1. The molecule has 7 heteroatoms. The topological polar surface area (TPSA) is 96.3 Å². The van der Waals surface area contributed by atoms with Gasteiger partial charge in [0.2, 0.25) is 0 Å². The molecule has 2 N–H and O–H groups in total. The van der Waals surface area contributed by atoms with Crippen LogP contribution in [0.3, 0.4) is 0 Å². The van der Waals surface area contributed by atoms with Crippen LogP contribution in [-0.4, -0.2) is 52.7 Å². The lowest BCUT2D eigenvalue weighted by Crippen LogP contribution is -2.43. The Morgan fingerprint density at radius 3 is 2.19 bits per heavy atom. The van der Waals surface area contributed by atoms with Crippen molar-refractivity contribution >= 4 is 12.1 Å². The average Bonchev–Trinajstić information content (AvgIpc) is 1.99. The number of hydroxylamine groups is 2. The van der Waals surface area contributed by atoms with E-state index < -0.39 is 30.4 Å². The van der Waals surface area contributed by atoms with Crippen LogP contribution in [0.1, 0.15) is 20.8 Å². The molecule has 0 spiro atoms. The monoisotopic (exact) mass is 235 g/mol. The van der Waals surface area contributed by atoms with E-state index >= 15 is 0 Å². The van der Waals surface area contributed by atoms with E-state index in [0.717, 1.165) is 5.06 Å². The fourth-order valence-electron chi connectivity index (χ4n) is 0.798. The molecular weight excluding hydrogens is 218 g/mol. The molecular formula is C9H17NO6. The number of hydrogen-bond donors (Lipinski definition) is 2. The quantitative estimate of drug-likeness (QED) is 0.531. The number of carboxylic acid groups (broad SMARTS) is 1. The lowest BCUT2D eigenvalue weighted by atomic mass is 10.2. The molecule has 0 saturated heterocycles. The molecule has 0 radical (unpaired) electrons. The SMILES string of the molecule is CN(OC(=O)OC(C)(C)C)[C@H](CO)C(=O)O. The number of aliphatic carboxylic acids is 1. The number of carbonyl (C=O) groups is 2. The second kappa shape index (κ2) is 5.66. The molecule has 0 aromatic rings. The molecule has 0 rings (SSSR count). The van der Waals surface area contributed by atoms with E-state index in [-0.39, 0.29) is 0 Å². The third-order valence-corrected chi connectivity index (χ3v) is 1.50. The second-order valence-corrected chi connectivity index (χ2v) is 4.14. The summed E-state index contributed by atoms with van der Waals surface area (Å²) in [6.07, 6.45) is -1.02. The summed E-state index contributed by atoms with van der Waals surface area (Å²) in [5, 5.41) is 18.1. The Balaban J connectivity index is 4.28. The third-order valence-electron chi connectivity index (χ3n) is 1.50. The van der Waals surface area contributed by atoms with Crippen molar-refractivity contribution in [3.05, 3.63) is 0 Å². The van der Waals surface area contributed by atoms with Crippen molar-refractivity contribution in [1.29, 1.82) is 0 Å². The minimum Gasteiger partial charge on any atom is -0.480 e. The van der Waals surface area contributed by atoms with Crippen molar-refractivity contribution in [3.63, 3.8) is 0 Å². The molecule has 1 atom stereocenters. The van der Waals surface area contributed by atoms with Crippen LogP contribution in [-0.2, 0) is 14.4 Å². The molecule has 7 nitrogen and oxygen atoms in total. The van der Waals surface area contributed by atoms with Crippen LogP contribution in [0.15, 0.2) is 0 Å². The van der Waals surface area contributed by atoms with Gasteiger partial charge in [-0.3, -0.25) is 4.79 Å². The summed E-state index contributed by atoms with van der Waals surface area (Å²) in [7, 11) is 1.22. The van der Waals surface area contributed by atoms with Crippen molar-refractivity contribution in [2.75, 3.05) is 13.7 Å². The molecule has 0 unspecified atom stereocenters. The highest BCUT2D eigenvalue weighted by Gasteiger charge is 2.27. The molecule has 0 fully saturated rings. The zero-order valence-corrected chi connectivity index (χ0v) is 9.76. The molecule has 0 aromatic carbocycles. The van der Waals surface area contributed by atoms with Gasteiger partial charge in [-0.2, -0.15) is 0 Å². The number of likely N-dealkylation sites (N-methyl/N-ethyl adjacent to an activating group) is 1. The number of aliphatic hydroxyl groups is 1. The molecule has 0 aliphatic carbocycles. The maximum atomic E-state index is 11.2. The average molecular weight is 235 g/mol. The standard InChI is InChI=1S/C9H17NO6/c1-9(2,3)15-8(14)16-10(4)6(5-11)7(12)13/h6,11H,5H2,1-4H3,(H,12,13)/t6-/m1/s1. The minimum absolute atomic E-state index is 0.672. The van der Waals surface area contributed by atoms with Gasteiger partial charge < -0.3 is 19.8 Å². The zero-order valence-electron chi connectivity index (χ0n) is 9.76. The van der Waals surface area contributed by atoms with Crippen molar-refractivity contribution in [1.82, 2.24) is 5.06 Å². The van der Waals surface area contributed by atoms with Crippen LogP contribution >= 0.6 is 0 Å². The van der Waals surface area contributed by atoms with Gasteiger partial charge in [0.15, 0.2) is 6.04 Å². The number of ether oxygens (including phenoxy) is 1. The zero-order chi connectivity index (χ0) is 12.9. The van der Waals surface area contributed by atoms with Crippen molar-refractivity contribution in [2.24, 2.45) is 0 Å². The normalized spacial score (nSPS) is 13.4. The molecule has 94 valence electrons. The smallest absolute Gasteiger partial charge is 0.480 e. The van der Waals surface area contributed by atoms with Gasteiger partial charge in [-0.1, -0.05) is 0 Å². The van der Waals surface area contributed by atoms with Crippen LogP contribution in [0.2, 0.25) is 0 Å². The van der Waals surface area contributed by atoms with Crippen LogP contribution in [0, 0.1) is 0 Å². The van der Waals surface area contributed by atoms with Gasteiger partial charge in [0.25, 0.3) is 0 Å². The highest BCUT2D eigenvalue weighted by Crippen LogP contribution is 2.09. The number of nitrogens with zero attached hydrogens (tertiary/aromatic N) is 1. The largest absolute Gasteiger partial charge is 0.528 e. The summed E-state index contributed by atoms with van der Waals surface area (Å²) in [5.74, 6) is -1.30. The molecule has 0 heterocycles. The number of hydrogen-bond acceptors (Lipinski definition) is 6. The number of rotatable bonds is 4. The van der Waals surface area contributed by atoms with Gasteiger partial charge in [-0.15, -0.1) is 5.06 Å². The summed E-state index contributed by atoms with van der Waals surface area (Å²) in [5.41, 5.74) is -0.726. The Kier molecular flexibility index (Phi) is 5.19. The molecule has 0 amide bonds. The molecule has 0 saturated carbocycles. The maximum absolute atomic E-state index is 11.2. The first kappa shape index (κ1) is 14.7. The Morgan fingerprint density at radius 2 is 1.88 bits per heavy atom. The predicted molar refractivity (Wildman–Crippen MR) is 53.6 cm³/mol. The summed E-state index contributed by atoms with van der Waals surface area (Å²) in [6, 6.07) is -1.31. The van der Waals surface area contributed by atoms with Crippen LogP contribution < -0.4 is 0 Å². The van der Waals surface area contributed by atoms with Gasteiger partial charge in [-0.25, -0.2) is 4.79 Å². The Labute approximate surface area is 93.5 Å². The summed E-state index contributed by atoms with van der Waals surface area (Å²) in [4.78, 5) is 26.3. The van der Waals surface area contributed by atoms with Crippen LogP contribution in [0.25, 0.3) is 0 Å². The number of carbonyl (C=O) groups excluding carboxylic acids is 1. The third kappa shape index (κ3) is 5.52. The Hall–Kier alpha value is -1.34. The van der Waals surface area contributed by atoms with Crippen LogP contribution in [0.5, 0.6) is 0 Å². The van der Waals surface area contributed by atoms with E-state index in [2.05, 4.69) is 4.84 Å². The molecule has 16 heavy (non-hydrogen) atoms. The predicted octanol–water partition coefficient (Wildman–Crippen LogP) is 0.230. The Bertz CT molecular complexity index is 259. The molecule has 0 bridgehead atoms. The second-order valence-electron chi connectivity index (χ2n) is 4.14. The van der Waals surface area contributed by atoms with E-state index in [9.17, 15) is 9.59 Å². The highest BCUT2D eigenvalue weighted by atomic mass is 16.8.